The van der Waals surface area contributed by atoms with Crippen molar-refractivity contribution in [2.75, 3.05) is 19.8 Å². The van der Waals surface area contributed by atoms with Crippen LogP contribution < -0.4 is 10.4 Å². The van der Waals surface area contributed by atoms with E-state index in [9.17, 15) is 76.0 Å². The van der Waals surface area contributed by atoms with Gasteiger partial charge in [-0.2, -0.15) is 0 Å². The maximum atomic E-state index is 12.7. The van der Waals surface area contributed by atoms with Crippen LogP contribution in [0, 0.1) is 0 Å². The number of aliphatic hydroxyl groups excluding tert-OH is 12. The van der Waals surface area contributed by atoms with E-state index in [1.54, 1.807) is 0 Å². The van der Waals surface area contributed by atoms with E-state index in [1.807, 2.05) is 0 Å². The third-order valence-electron chi connectivity index (χ3n) is 9.48. The van der Waals surface area contributed by atoms with Gasteiger partial charge in [0, 0.05) is 13.3 Å². The van der Waals surface area contributed by atoms with Gasteiger partial charge in [0.1, 0.15) is 85.3 Å². The molecule has 0 bridgehead atoms. The molecule has 11 unspecified atom stereocenters. The summed E-state index contributed by atoms with van der Waals surface area (Å²) in [6.07, 6.45) is -33.8. The van der Waals surface area contributed by atoms with Crippen LogP contribution in [0.2, 0.25) is 0 Å². The molecule has 0 aliphatic carbocycles. The lowest BCUT2D eigenvalue weighted by Crippen LogP contribution is -2.72. The summed E-state index contributed by atoms with van der Waals surface area (Å²) in [5.74, 6) is -6.20. The molecule has 308 valence electrons. The number of ether oxygens (including phenoxy) is 7. The van der Waals surface area contributed by atoms with Crippen LogP contribution in [0.3, 0.4) is 0 Å². The molecule has 4 rings (SSSR count). The van der Waals surface area contributed by atoms with Gasteiger partial charge in [0.2, 0.25) is 11.7 Å². The average molecular weight is 842 g/mol. The number of carbonyl (C=O) groups excluding carboxylic acids is 2. The first-order valence-corrected chi connectivity index (χ1v) is 17.4. The molecule has 21 atom stereocenters. The Morgan fingerprint density at radius 2 is 1.45 bits per heavy atom. The molecule has 24 heteroatoms. The normalized spacial score (nSPS) is 47.8. The van der Waals surface area contributed by atoms with Crippen molar-refractivity contribution in [1.82, 2.24) is 5.32 Å². The summed E-state index contributed by atoms with van der Waals surface area (Å²) < 4.78 is 39.4. The Morgan fingerprint density at radius 3 is 2.02 bits per heavy atom. The number of aliphatic hydroxyl groups is 12. The zero-order chi connectivity index (χ0) is 39.7. The molecule has 4 aliphatic rings. The Morgan fingerprint density at radius 1 is 0.849 bits per heavy atom. The zero-order valence-electron chi connectivity index (χ0n) is 28.2. The van der Waals surface area contributed by atoms with E-state index in [2.05, 4.69) is 21.2 Å². The molecule has 0 spiro atoms. The molecule has 4 aliphatic heterocycles. The minimum absolute atomic E-state index is 0.780. The van der Waals surface area contributed by atoms with Gasteiger partial charge in [0.25, 0.3) is 0 Å². The number of aliphatic carboxylic acids is 1. The van der Waals surface area contributed by atoms with Gasteiger partial charge in [0.05, 0.1) is 42.9 Å². The first-order valence-electron chi connectivity index (χ1n) is 16.5. The van der Waals surface area contributed by atoms with E-state index in [1.165, 1.54) is 6.92 Å². The summed E-state index contributed by atoms with van der Waals surface area (Å²) in [5.41, 5.74) is 0. The van der Waals surface area contributed by atoms with Gasteiger partial charge in [-0.05, 0) is 6.92 Å². The van der Waals surface area contributed by atoms with Crippen LogP contribution in [0.15, 0.2) is 0 Å². The maximum absolute atomic E-state index is 12.7. The standard InChI is InChI=1S/C29H48BrNO22/c1-7-15(38)18(41)19(42)26(47-7)51-22-13(30)25(44)48-12(6-34)21(22)50-27-20(43)24(17(40)11(5-33)49-27)53-29(28(45)46)3-9(36)14(31-8(2)35)23(52-29)16(39)10(37)4-32/h7,9-27,32-34,36-44H,3-6H2,1-2H3,(H,31,35)(H,45,46)/p-1/t7-,9?,10+,11?,12?,13?,14+,15?,16+,17?,18?,19?,20?,21+,22?,23?,24-,25-,26+,27-,29-/m0/s1. The van der Waals surface area contributed by atoms with Gasteiger partial charge in [-0.25, -0.2) is 0 Å². The van der Waals surface area contributed by atoms with Gasteiger partial charge < -0.3 is 110 Å². The second-order valence-corrected chi connectivity index (χ2v) is 14.3. The van der Waals surface area contributed by atoms with Crippen molar-refractivity contribution in [1.29, 1.82) is 0 Å². The molecule has 0 aromatic rings. The highest BCUT2D eigenvalue weighted by Crippen LogP contribution is 2.39. The molecule has 53 heavy (non-hydrogen) atoms. The van der Waals surface area contributed by atoms with Crippen molar-refractivity contribution in [3.8, 4) is 0 Å². The van der Waals surface area contributed by atoms with Crippen LogP contribution in [-0.4, -0.2) is 220 Å². The highest BCUT2D eigenvalue weighted by Gasteiger charge is 2.58. The SMILES string of the molecule is CC(=O)N[C@@H]1C(O)C[C@](O[C@H]2C(O)C(CO)O[C@@H](O[C@@H]3C(CO)O[C@H](O)C(Br)C3O[C@H]3O[C@@H](C)C(O)C(O)C3O)C2O)(C(=O)[O-])OC1[C@H](O)[C@H](O)CO. The van der Waals surface area contributed by atoms with E-state index in [0.29, 0.717) is 0 Å². The van der Waals surface area contributed by atoms with E-state index in [-0.39, 0.29) is 0 Å². The summed E-state index contributed by atoms with van der Waals surface area (Å²) in [6, 6.07) is -1.60. The quantitative estimate of drug-likeness (QED) is 0.0766. The number of nitrogens with one attached hydrogen (secondary N) is 1. The lowest BCUT2D eigenvalue weighted by atomic mass is 9.88. The molecular weight excluding hydrogens is 794 g/mol. The van der Waals surface area contributed by atoms with Gasteiger partial charge >= 0.3 is 0 Å². The lowest BCUT2D eigenvalue weighted by molar-refractivity contribution is -0.411. The van der Waals surface area contributed by atoms with Crippen molar-refractivity contribution in [2.45, 2.75) is 147 Å². The molecule has 4 saturated heterocycles. The fraction of sp³-hybridized carbons (Fsp3) is 0.931. The Balaban J connectivity index is 1.66. The first-order chi connectivity index (χ1) is 24.8. The Labute approximate surface area is 309 Å². The lowest BCUT2D eigenvalue weighted by Gasteiger charge is -2.52. The third-order valence-corrected chi connectivity index (χ3v) is 10.5. The second kappa shape index (κ2) is 18.3. The Hall–Kier alpha value is -1.34. The first kappa shape index (κ1) is 44.4. The molecule has 4 heterocycles. The number of alkyl halides is 1. The van der Waals surface area contributed by atoms with Crippen LogP contribution in [0.25, 0.3) is 0 Å². The molecule has 13 N–H and O–H groups in total. The summed E-state index contributed by atoms with van der Waals surface area (Å²) >= 11 is 3.17. The summed E-state index contributed by atoms with van der Waals surface area (Å²) in [6.45, 7) is -0.606. The minimum Gasteiger partial charge on any atom is -0.544 e. The fourth-order valence-electron chi connectivity index (χ4n) is 6.55. The van der Waals surface area contributed by atoms with Crippen molar-refractivity contribution in [3.05, 3.63) is 0 Å². The van der Waals surface area contributed by atoms with Crippen LogP contribution >= 0.6 is 15.9 Å². The smallest absolute Gasteiger partial charge is 0.217 e. The van der Waals surface area contributed by atoms with Gasteiger partial charge in [-0.1, -0.05) is 15.9 Å². The summed E-state index contributed by atoms with van der Waals surface area (Å²) in [5, 5.41) is 140. The topological polar surface area (TPSA) is 377 Å². The van der Waals surface area contributed by atoms with E-state index < -0.39 is 165 Å². The fourth-order valence-corrected chi connectivity index (χ4v) is 7.10. The molecule has 0 aromatic heterocycles. The van der Waals surface area contributed by atoms with Crippen LogP contribution in [0.4, 0.5) is 0 Å². The van der Waals surface area contributed by atoms with E-state index >= 15 is 0 Å². The number of hydrogen-bond donors (Lipinski definition) is 13. The molecular formula is C29H47BrNO22-. The van der Waals surface area contributed by atoms with E-state index in [4.69, 9.17) is 33.2 Å². The van der Waals surface area contributed by atoms with Gasteiger partial charge in [-0.15, -0.1) is 0 Å². The largest absolute Gasteiger partial charge is 0.544 e. The number of hydrogen-bond acceptors (Lipinski definition) is 22. The molecule has 0 radical (unpaired) electrons. The number of carboxylic acid groups (broad SMARTS) is 1. The van der Waals surface area contributed by atoms with Crippen molar-refractivity contribution >= 4 is 27.8 Å². The predicted molar refractivity (Wildman–Crippen MR) is 165 cm³/mol. The highest BCUT2D eigenvalue weighted by atomic mass is 79.9. The Kier molecular flexibility index (Phi) is 15.3. The van der Waals surface area contributed by atoms with Crippen LogP contribution in [-0.2, 0) is 42.7 Å². The zero-order valence-corrected chi connectivity index (χ0v) is 29.8. The Bertz CT molecular complexity index is 1230. The number of carbonyl (C=O) groups is 2. The summed E-state index contributed by atoms with van der Waals surface area (Å²) in [4.78, 5) is 23.3. The van der Waals surface area contributed by atoms with Crippen LogP contribution in [0.5, 0.6) is 0 Å². The molecule has 0 saturated carbocycles. The van der Waals surface area contributed by atoms with Crippen LogP contribution in [0.1, 0.15) is 20.3 Å². The molecule has 23 nitrogen and oxygen atoms in total. The number of amides is 1. The van der Waals surface area contributed by atoms with Crippen molar-refractivity contribution in [2.24, 2.45) is 0 Å². The third kappa shape index (κ3) is 9.29. The molecule has 4 fully saturated rings. The predicted octanol–water partition coefficient (Wildman–Crippen LogP) is -9.30. The number of carboxylic acids is 1. The van der Waals surface area contributed by atoms with E-state index in [0.717, 1.165) is 6.92 Å². The maximum Gasteiger partial charge on any atom is 0.217 e. The molecule has 0 aromatic carbocycles. The summed E-state index contributed by atoms with van der Waals surface area (Å²) in [7, 11) is 0. The van der Waals surface area contributed by atoms with Crippen molar-refractivity contribution in [3.63, 3.8) is 0 Å². The molecule has 1 amide bonds. The minimum atomic E-state index is -3.18. The number of rotatable bonds is 13. The highest BCUT2D eigenvalue weighted by molar-refractivity contribution is 9.09. The van der Waals surface area contributed by atoms with Gasteiger partial charge in [0.15, 0.2) is 18.9 Å². The van der Waals surface area contributed by atoms with Crippen molar-refractivity contribution < 1.29 is 109 Å². The van der Waals surface area contributed by atoms with Gasteiger partial charge in [-0.3, -0.25) is 4.79 Å². The monoisotopic (exact) mass is 840 g/mol. The second-order valence-electron chi connectivity index (χ2n) is 13.2. The number of halogens is 1. The average Bonchev–Trinajstić information content (AvgIpc) is 3.11.